The topological polar surface area (TPSA) is 104 Å². The molecule has 2 aromatic rings. The molecular weight excluding hydrogens is 513 g/mol. The van der Waals surface area contributed by atoms with Gasteiger partial charge in [0.05, 0.1) is 38.3 Å². The summed E-state index contributed by atoms with van der Waals surface area (Å²) in [5, 5.41) is 13.4. The van der Waals surface area contributed by atoms with E-state index in [0.29, 0.717) is 54.8 Å². The van der Waals surface area contributed by atoms with Crippen LogP contribution >= 0.6 is 11.8 Å². The lowest BCUT2D eigenvalue weighted by Gasteiger charge is -2.42. The van der Waals surface area contributed by atoms with Crippen molar-refractivity contribution in [3.05, 3.63) is 23.9 Å². The Morgan fingerprint density at radius 2 is 1.86 bits per heavy atom. The van der Waals surface area contributed by atoms with Gasteiger partial charge in [-0.2, -0.15) is 18.2 Å². The predicted molar refractivity (Wildman–Crippen MR) is 132 cm³/mol. The van der Waals surface area contributed by atoms with Gasteiger partial charge in [0, 0.05) is 37.8 Å². The summed E-state index contributed by atoms with van der Waals surface area (Å²) in [6.45, 7) is 5.20. The molecule has 0 radical (unpaired) electrons. The molecular formula is C23H29F3N6O2S2. The van der Waals surface area contributed by atoms with E-state index < -0.39 is 26.6 Å². The van der Waals surface area contributed by atoms with Gasteiger partial charge in [-0.3, -0.25) is 4.21 Å². The minimum atomic E-state index is -4.36. The first-order valence-corrected chi connectivity index (χ1v) is 14.0. The first-order chi connectivity index (χ1) is 17.0. The van der Waals surface area contributed by atoms with E-state index in [4.69, 9.17) is 9.97 Å². The van der Waals surface area contributed by atoms with Gasteiger partial charge in [0.25, 0.3) is 0 Å². The number of anilines is 2. The monoisotopic (exact) mass is 542 g/mol. The molecule has 1 aliphatic carbocycles. The third-order valence-electron chi connectivity index (χ3n) is 7.23. The van der Waals surface area contributed by atoms with Gasteiger partial charge in [0.15, 0.2) is 0 Å². The lowest BCUT2D eigenvalue weighted by atomic mass is 9.77. The number of aromatic nitrogens is 4. The Morgan fingerprint density at radius 3 is 2.42 bits per heavy atom. The van der Waals surface area contributed by atoms with Crippen LogP contribution < -0.4 is 10.2 Å². The van der Waals surface area contributed by atoms with Crippen LogP contribution in [-0.4, -0.2) is 64.7 Å². The minimum Gasteiger partial charge on any atom is -0.394 e. The summed E-state index contributed by atoms with van der Waals surface area (Å²) in [7, 11) is -1.26. The summed E-state index contributed by atoms with van der Waals surface area (Å²) >= 11 is -0.217. The van der Waals surface area contributed by atoms with Gasteiger partial charge in [-0.1, -0.05) is 0 Å². The molecule has 1 unspecified atom stereocenters. The standard InChI is InChI=1S/C23H29F3N6O2S2/c1-21(2)10-16-17(36(21)34)19(31-22(13-33)6-3-7-22)30-20(29-16)32-8-4-14(5-9-32)18-27-11-15(12-28-18)35-23(24,25)26/h11-12,14,33H,3-10,13H2,1-2H3,(H,29,30,31). The number of nitrogens with zero attached hydrogens (tertiary/aromatic N) is 5. The normalized spacial score (nSPS) is 23.3. The Labute approximate surface area is 214 Å². The maximum atomic E-state index is 13.2. The second-order valence-electron chi connectivity index (χ2n) is 10.4. The molecule has 5 rings (SSSR count). The first-order valence-electron chi connectivity index (χ1n) is 12.0. The lowest BCUT2D eigenvalue weighted by Crippen LogP contribution is -2.49. The molecule has 2 aliphatic heterocycles. The van der Waals surface area contributed by atoms with Gasteiger partial charge in [0.2, 0.25) is 5.95 Å². The van der Waals surface area contributed by atoms with Crippen LogP contribution in [0.4, 0.5) is 24.9 Å². The van der Waals surface area contributed by atoms with E-state index in [0.717, 1.165) is 25.0 Å². The van der Waals surface area contributed by atoms with Crippen LogP contribution in [0.1, 0.15) is 63.4 Å². The number of alkyl halides is 3. The molecule has 1 saturated heterocycles. The van der Waals surface area contributed by atoms with E-state index in [1.807, 2.05) is 13.8 Å². The number of hydrogen-bond donors (Lipinski definition) is 2. The van der Waals surface area contributed by atoms with Crippen LogP contribution in [0.5, 0.6) is 0 Å². The molecule has 3 aliphatic rings. The summed E-state index contributed by atoms with van der Waals surface area (Å²) in [5.41, 5.74) is -4.02. The van der Waals surface area contributed by atoms with Crippen LogP contribution in [0.15, 0.2) is 22.2 Å². The molecule has 196 valence electrons. The summed E-state index contributed by atoms with van der Waals surface area (Å²) in [6, 6.07) is 0. The van der Waals surface area contributed by atoms with Gasteiger partial charge in [0.1, 0.15) is 16.5 Å². The predicted octanol–water partition coefficient (Wildman–Crippen LogP) is 4.03. The van der Waals surface area contributed by atoms with Gasteiger partial charge in [-0.05, 0) is 57.7 Å². The average Bonchev–Trinajstić information content (AvgIpc) is 3.04. The number of halogens is 3. The molecule has 2 N–H and O–H groups in total. The van der Waals surface area contributed by atoms with Crippen molar-refractivity contribution in [3.63, 3.8) is 0 Å². The zero-order valence-electron chi connectivity index (χ0n) is 20.1. The van der Waals surface area contributed by atoms with Gasteiger partial charge < -0.3 is 15.3 Å². The van der Waals surface area contributed by atoms with Crippen molar-refractivity contribution in [2.45, 2.75) is 83.9 Å². The minimum absolute atomic E-state index is 0.0111. The Bertz CT molecular complexity index is 1140. The first kappa shape index (κ1) is 25.7. The van der Waals surface area contributed by atoms with E-state index >= 15 is 0 Å². The molecule has 0 bridgehead atoms. The number of aliphatic hydroxyl groups excluding tert-OH is 1. The van der Waals surface area contributed by atoms with Crippen LogP contribution in [0.2, 0.25) is 0 Å². The fourth-order valence-corrected chi connectivity index (χ4v) is 6.91. The number of rotatable bonds is 6. The van der Waals surface area contributed by atoms with Crippen molar-refractivity contribution in [3.8, 4) is 0 Å². The molecule has 1 saturated carbocycles. The van der Waals surface area contributed by atoms with E-state index in [-0.39, 0.29) is 29.2 Å². The van der Waals surface area contributed by atoms with Gasteiger partial charge >= 0.3 is 5.51 Å². The second-order valence-corrected chi connectivity index (χ2v) is 13.5. The highest BCUT2D eigenvalue weighted by Gasteiger charge is 2.44. The number of hydrogen-bond acceptors (Lipinski definition) is 9. The van der Waals surface area contributed by atoms with Crippen molar-refractivity contribution in [2.75, 3.05) is 29.9 Å². The molecule has 8 nitrogen and oxygen atoms in total. The fourth-order valence-electron chi connectivity index (χ4n) is 5.01. The highest BCUT2D eigenvalue weighted by Crippen LogP contribution is 2.43. The third-order valence-corrected chi connectivity index (χ3v) is 9.85. The summed E-state index contributed by atoms with van der Waals surface area (Å²) < 4.78 is 50.5. The highest BCUT2D eigenvalue weighted by molar-refractivity contribution is 8.00. The third kappa shape index (κ3) is 5.06. The Kier molecular flexibility index (Phi) is 6.69. The smallest absolute Gasteiger partial charge is 0.394 e. The molecule has 0 aromatic carbocycles. The van der Waals surface area contributed by atoms with Crippen LogP contribution in [0.3, 0.4) is 0 Å². The second kappa shape index (κ2) is 9.39. The van der Waals surface area contributed by atoms with Crippen molar-refractivity contribution in [1.29, 1.82) is 0 Å². The molecule has 36 heavy (non-hydrogen) atoms. The van der Waals surface area contributed by atoms with E-state index in [9.17, 15) is 22.5 Å². The summed E-state index contributed by atoms with van der Waals surface area (Å²) in [5.74, 6) is 1.70. The molecule has 1 atom stereocenters. The van der Waals surface area contributed by atoms with Crippen LogP contribution in [-0.2, 0) is 17.2 Å². The molecule has 4 heterocycles. The quantitative estimate of drug-likeness (QED) is 0.524. The number of thioether (sulfide) groups is 1. The Balaban J connectivity index is 1.33. The zero-order chi connectivity index (χ0) is 25.7. The lowest BCUT2D eigenvalue weighted by molar-refractivity contribution is -0.0328. The maximum Gasteiger partial charge on any atom is 0.446 e. The molecule has 2 fully saturated rings. The van der Waals surface area contributed by atoms with Crippen molar-refractivity contribution < 1.29 is 22.5 Å². The Hall–Kier alpha value is -1.99. The van der Waals surface area contributed by atoms with Crippen molar-refractivity contribution in [1.82, 2.24) is 19.9 Å². The van der Waals surface area contributed by atoms with E-state index in [1.54, 1.807) is 0 Å². The fraction of sp³-hybridized carbons (Fsp3) is 0.652. The average molecular weight is 543 g/mol. The number of aliphatic hydroxyl groups is 1. The zero-order valence-corrected chi connectivity index (χ0v) is 21.8. The van der Waals surface area contributed by atoms with Crippen LogP contribution in [0, 0.1) is 0 Å². The van der Waals surface area contributed by atoms with Gasteiger partial charge in [-0.25, -0.2) is 15.0 Å². The Morgan fingerprint density at radius 1 is 1.19 bits per heavy atom. The summed E-state index contributed by atoms with van der Waals surface area (Å²) in [6.07, 6.45) is 7.16. The number of piperidine rings is 1. The highest BCUT2D eigenvalue weighted by atomic mass is 32.2. The largest absolute Gasteiger partial charge is 0.446 e. The maximum absolute atomic E-state index is 13.2. The summed E-state index contributed by atoms with van der Waals surface area (Å²) in [4.78, 5) is 20.7. The number of fused-ring (bicyclic) bond motifs is 1. The van der Waals surface area contributed by atoms with Crippen molar-refractivity contribution in [2.24, 2.45) is 0 Å². The van der Waals surface area contributed by atoms with Gasteiger partial charge in [-0.15, -0.1) is 0 Å². The SMILES string of the molecule is CC1(C)Cc2nc(N3CCC(c4ncc(SC(F)(F)F)cn4)CC3)nc(NC3(CO)CCC3)c2S1=O. The van der Waals surface area contributed by atoms with Crippen molar-refractivity contribution >= 4 is 34.3 Å². The number of nitrogens with one attached hydrogen (secondary N) is 1. The molecule has 0 amide bonds. The molecule has 0 spiro atoms. The van der Waals surface area contributed by atoms with Crippen LogP contribution in [0.25, 0.3) is 0 Å². The molecule has 13 heteroatoms. The molecule has 2 aromatic heterocycles. The van der Waals surface area contributed by atoms with E-state index in [1.165, 1.54) is 12.4 Å². The van der Waals surface area contributed by atoms with E-state index in [2.05, 4.69) is 20.2 Å².